The molecule has 6 heteroatoms. The first-order chi connectivity index (χ1) is 32.9. The quantitative estimate of drug-likeness (QED) is 0.0343. The Morgan fingerprint density at radius 3 is 0.776 bits per heavy atom. The fourth-order valence-corrected chi connectivity index (χ4v) is 9.42. The van der Waals surface area contributed by atoms with Crippen LogP contribution in [-0.4, -0.2) is 37.2 Å². The van der Waals surface area contributed by atoms with Crippen molar-refractivity contribution in [2.45, 2.75) is 355 Å². The molecule has 398 valence electrons. The minimum Gasteiger partial charge on any atom is -0.462 e. The van der Waals surface area contributed by atoms with Gasteiger partial charge in [0, 0.05) is 19.3 Å². The molecule has 0 bridgehead atoms. The summed E-state index contributed by atoms with van der Waals surface area (Å²) in [7, 11) is 0. The molecule has 0 aliphatic heterocycles. The number of hydrogen-bond donors (Lipinski definition) is 0. The van der Waals surface area contributed by atoms with Crippen LogP contribution >= 0.6 is 0 Å². The summed E-state index contributed by atoms with van der Waals surface area (Å²) in [5, 5.41) is 0. The standard InChI is InChI=1S/C61H118O6/c1-5-8-10-12-14-16-18-19-20-26-29-33-37-41-45-49-53-60(63)66-56-58(55-65-59(62)52-48-44-40-36-31-17-15-13-11-9-6-2)67-61(64)54-50-46-42-38-34-30-27-24-22-21-23-25-28-32-35-39-43-47-51-57(4)7-3/h57-58H,5-56H2,1-4H3/t57?,58-/m0/s1. The molecule has 0 saturated heterocycles. The van der Waals surface area contributed by atoms with Crippen molar-refractivity contribution in [2.24, 2.45) is 5.92 Å². The third-order valence-corrected chi connectivity index (χ3v) is 14.4. The van der Waals surface area contributed by atoms with E-state index in [0.29, 0.717) is 19.3 Å². The molecule has 0 spiro atoms. The zero-order valence-electron chi connectivity index (χ0n) is 45.9. The highest BCUT2D eigenvalue weighted by Gasteiger charge is 2.19. The maximum absolute atomic E-state index is 12.9. The first-order valence-corrected chi connectivity index (χ1v) is 30.4. The predicted octanol–water partition coefficient (Wildman–Crippen LogP) is 20.2. The fourth-order valence-electron chi connectivity index (χ4n) is 9.42. The molecule has 0 aliphatic rings. The average Bonchev–Trinajstić information content (AvgIpc) is 3.33. The molecule has 0 aromatic rings. The van der Waals surface area contributed by atoms with E-state index in [0.717, 1.165) is 63.7 Å². The molecule has 0 aromatic heterocycles. The van der Waals surface area contributed by atoms with E-state index in [4.69, 9.17) is 14.2 Å². The highest BCUT2D eigenvalue weighted by Crippen LogP contribution is 2.19. The van der Waals surface area contributed by atoms with Crippen LogP contribution in [0, 0.1) is 5.92 Å². The molecule has 0 aromatic carbocycles. The van der Waals surface area contributed by atoms with Crippen LogP contribution in [0.25, 0.3) is 0 Å². The molecule has 0 fully saturated rings. The van der Waals surface area contributed by atoms with E-state index in [1.54, 1.807) is 0 Å². The van der Waals surface area contributed by atoms with E-state index < -0.39 is 6.10 Å². The third-order valence-electron chi connectivity index (χ3n) is 14.4. The van der Waals surface area contributed by atoms with Crippen LogP contribution < -0.4 is 0 Å². The smallest absolute Gasteiger partial charge is 0.306 e. The van der Waals surface area contributed by atoms with Gasteiger partial charge in [-0.2, -0.15) is 0 Å². The Bertz CT molecular complexity index is 1010. The lowest BCUT2D eigenvalue weighted by Crippen LogP contribution is -2.30. The summed E-state index contributed by atoms with van der Waals surface area (Å²) < 4.78 is 16.9. The van der Waals surface area contributed by atoms with E-state index in [2.05, 4.69) is 27.7 Å². The van der Waals surface area contributed by atoms with Crippen LogP contribution in [-0.2, 0) is 28.6 Å². The zero-order chi connectivity index (χ0) is 48.8. The molecular formula is C61H118O6. The van der Waals surface area contributed by atoms with Crippen molar-refractivity contribution < 1.29 is 28.6 Å². The van der Waals surface area contributed by atoms with Crippen molar-refractivity contribution in [2.75, 3.05) is 13.2 Å². The minimum absolute atomic E-state index is 0.0615. The first-order valence-electron chi connectivity index (χ1n) is 30.4. The van der Waals surface area contributed by atoms with Crippen molar-refractivity contribution in [3.63, 3.8) is 0 Å². The summed E-state index contributed by atoms with van der Waals surface area (Å²) in [5.74, 6) is 0.0762. The molecule has 0 saturated carbocycles. The number of unbranched alkanes of at least 4 members (excludes halogenated alkanes) is 42. The monoisotopic (exact) mass is 947 g/mol. The third kappa shape index (κ3) is 53.6. The Kier molecular flexibility index (Phi) is 54.0. The van der Waals surface area contributed by atoms with Gasteiger partial charge in [0.15, 0.2) is 6.10 Å². The van der Waals surface area contributed by atoms with Crippen molar-refractivity contribution in [1.82, 2.24) is 0 Å². The van der Waals surface area contributed by atoms with Gasteiger partial charge in [0.1, 0.15) is 13.2 Å². The fraction of sp³-hybridized carbons (Fsp3) is 0.951. The highest BCUT2D eigenvalue weighted by atomic mass is 16.6. The first kappa shape index (κ1) is 65.4. The molecule has 1 unspecified atom stereocenters. The molecule has 0 aliphatic carbocycles. The van der Waals surface area contributed by atoms with Gasteiger partial charge >= 0.3 is 17.9 Å². The summed E-state index contributed by atoms with van der Waals surface area (Å²) in [4.78, 5) is 38.1. The van der Waals surface area contributed by atoms with Crippen LogP contribution in [0.2, 0.25) is 0 Å². The normalized spacial score (nSPS) is 12.4. The zero-order valence-corrected chi connectivity index (χ0v) is 45.9. The van der Waals surface area contributed by atoms with E-state index in [1.165, 1.54) is 244 Å². The second kappa shape index (κ2) is 55.3. The molecular weight excluding hydrogens is 829 g/mol. The Balaban J connectivity index is 4.22. The lowest BCUT2D eigenvalue weighted by Gasteiger charge is -2.18. The molecule has 0 heterocycles. The van der Waals surface area contributed by atoms with E-state index >= 15 is 0 Å². The van der Waals surface area contributed by atoms with E-state index in [-0.39, 0.29) is 31.1 Å². The van der Waals surface area contributed by atoms with Gasteiger partial charge in [0.05, 0.1) is 0 Å². The number of carbonyl (C=O) groups is 3. The summed E-state index contributed by atoms with van der Waals surface area (Å²) in [6.45, 7) is 9.11. The lowest BCUT2D eigenvalue weighted by atomic mass is 9.99. The van der Waals surface area contributed by atoms with Crippen molar-refractivity contribution in [3.8, 4) is 0 Å². The van der Waals surface area contributed by atoms with E-state index in [1.807, 2.05) is 0 Å². The highest BCUT2D eigenvalue weighted by molar-refractivity contribution is 5.71. The summed E-state index contributed by atoms with van der Waals surface area (Å²) >= 11 is 0. The van der Waals surface area contributed by atoms with Crippen LogP contribution in [0.3, 0.4) is 0 Å². The van der Waals surface area contributed by atoms with E-state index in [9.17, 15) is 14.4 Å². The number of rotatable bonds is 56. The van der Waals surface area contributed by atoms with Gasteiger partial charge in [-0.15, -0.1) is 0 Å². The molecule has 0 radical (unpaired) electrons. The Labute approximate surface area is 418 Å². The van der Waals surface area contributed by atoms with Gasteiger partial charge in [0.2, 0.25) is 0 Å². The molecule has 0 amide bonds. The number of hydrogen-bond acceptors (Lipinski definition) is 6. The summed E-state index contributed by atoms with van der Waals surface area (Å²) in [6.07, 6.45) is 60.9. The second-order valence-electron chi connectivity index (χ2n) is 21.2. The summed E-state index contributed by atoms with van der Waals surface area (Å²) in [6, 6.07) is 0. The molecule has 0 N–H and O–H groups in total. The summed E-state index contributed by atoms with van der Waals surface area (Å²) in [5.41, 5.74) is 0. The van der Waals surface area contributed by atoms with Gasteiger partial charge in [-0.25, -0.2) is 0 Å². The predicted molar refractivity (Wildman–Crippen MR) is 289 cm³/mol. The van der Waals surface area contributed by atoms with Gasteiger partial charge in [0.25, 0.3) is 0 Å². The topological polar surface area (TPSA) is 78.9 Å². The molecule has 67 heavy (non-hydrogen) atoms. The van der Waals surface area contributed by atoms with Gasteiger partial charge in [-0.05, 0) is 25.2 Å². The maximum Gasteiger partial charge on any atom is 0.306 e. The van der Waals surface area contributed by atoms with Crippen LogP contribution in [0.15, 0.2) is 0 Å². The van der Waals surface area contributed by atoms with Crippen molar-refractivity contribution >= 4 is 17.9 Å². The van der Waals surface area contributed by atoms with Crippen molar-refractivity contribution in [1.29, 1.82) is 0 Å². The minimum atomic E-state index is -0.761. The molecule has 6 nitrogen and oxygen atoms in total. The Morgan fingerprint density at radius 2 is 0.522 bits per heavy atom. The van der Waals surface area contributed by atoms with Crippen LogP contribution in [0.5, 0.6) is 0 Å². The van der Waals surface area contributed by atoms with Crippen LogP contribution in [0.1, 0.15) is 349 Å². The SMILES string of the molecule is CCCCCCCCCCCCCCCCCCC(=O)OC[C@H](COC(=O)CCCCCCCCCCCCC)OC(=O)CCCCCCCCCCCCCCCCCCCCC(C)CC. The average molecular weight is 948 g/mol. The number of ether oxygens (including phenoxy) is 3. The number of carbonyl (C=O) groups excluding carboxylic acids is 3. The van der Waals surface area contributed by atoms with Crippen molar-refractivity contribution in [3.05, 3.63) is 0 Å². The van der Waals surface area contributed by atoms with Crippen LogP contribution in [0.4, 0.5) is 0 Å². The number of esters is 3. The second-order valence-corrected chi connectivity index (χ2v) is 21.2. The molecule has 0 rings (SSSR count). The Morgan fingerprint density at radius 1 is 0.299 bits per heavy atom. The maximum atomic E-state index is 12.9. The van der Waals surface area contributed by atoms with Gasteiger partial charge in [-0.3, -0.25) is 14.4 Å². The van der Waals surface area contributed by atoms with Gasteiger partial charge in [-0.1, -0.05) is 310 Å². The van der Waals surface area contributed by atoms with Gasteiger partial charge < -0.3 is 14.2 Å². The largest absolute Gasteiger partial charge is 0.462 e. The molecule has 2 atom stereocenters. The Hall–Kier alpha value is -1.59. The lowest BCUT2D eigenvalue weighted by molar-refractivity contribution is -0.167.